The van der Waals surface area contributed by atoms with Crippen LogP contribution in [0.25, 0.3) is 0 Å². The fourth-order valence-electron chi connectivity index (χ4n) is 5.00. The van der Waals surface area contributed by atoms with Crippen molar-refractivity contribution in [1.82, 2.24) is 5.32 Å². The van der Waals surface area contributed by atoms with Gasteiger partial charge in [0.2, 0.25) is 5.91 Å². The van der Waals surface area contributed by atoms with Crippen LogP contribution in [0.15, 0.2) is 36.5 Å². The first-order chi connectivity index (χ1) is 22.5. The first-order valence-corrected chi connectivity index (χ1v) is 20.3. The van der Waals surface area contributed by atoms with Crippen LogP contribution >= 0.6 is 7.82 Å². The molecule has 0 bridgehead atoms. The van der Waals surface area contributed by atoms with Gasteiger partial charge in [-0.3, -0.25) is 9.36 Å². The van der Waals surface area contributed by atoms with E-state index in [0.29, 0.717) is 17.4 Å². The number of rotatable bonds is 33. The summed E-state index contributed by atoms with van der Waals surface area (Å²) in [5.41, 5.74) is 0. The Morgan fingerprint density at radius 3 is 1.72 bits per heavy atom. The summed E-state index contributed by atoms with van der Waals surface area (Å²) >= 11 is 0. The van der Waals surface area contributed by atoms with Gasteiger partial charge in [0.25, 0.3) is 7.82 Å². The van der Waals surface area contributed by atoms with Crippen LogP contribution in [0.2, 0.25) is 0 Å². The number of hydrogen-bond donors (Lipinski definition) is 2. The molecule has 276 valence electrons. The molecule has 1 amide bonds. The molecule has 3 unspecified atom stereocenters. The van der Waals surface area contributed by atoms with E-state index in [4.69, 9.17) is 9.05 Å². The fraction of sp³-hybridized carbons (Fsp3) is 0.816. The van der Waals surface area contributed by atoms with Gasteiger partial charge in [0, 0.05) is 6.42 Å². The minimum absolute atomic E-state index is 0.00850. The summed E-state index contributed by atoms with van der Waals surface area (Å²) in [4.78, 5) is 25.1. The highest BCUT2D eigenvalue weighted by molar-refractivity contribution is 7.45. The number of aliphatic hydroxyl groups is 1. The average molecular weight is 685 g/mol. The number of carbonyl (C=O) groups is 1. The predicted octanol–water partition coefficient (Wildman–Crippen LogP) is 8.94. The van der Waals surface area contributed by atoms with Gasteiger partial charge in [0.1, 0.15) is 13.2 Å². The minimum atomic E-state index is -4.59. The first kappa shape index (κ1) is 45.7. The molecular formula is C38H73N2O6P. The number of nitrogens with one attached hydrogen (secondary N) is 1. The van der Waals surface area contributed by atoms with E-state index in [0.717, 1.165) is 44.9 Å². The second-order valence-electron chi connectivity index (χ2n) is 13.9. The molecule has 0 spiro atoms. The van der Waals surface area contributed by atoms with Crippen LogP contribution in [0.4, 0.5) is 0 Å². The second-order valence-corrected chi connectivity index (χ2v) is 15.3. The normalized spacial score (nSPS) is 15.1. The smallest absolute Gasteiger partial charge is 0.268 e. The van der Waals surface area contributed by atoms with Gasteiger partial charge in [0.05, 0.1) is 39.9 Å². The third-order valence-corrected chi connectivity index (χ3v) is 9.04. The monoisotopic (exact) mass is 685 g/mol. The molecule has 0 aliphatic carbocycles. The van der Waals surface area contributed by atoms with E-state index >= 15 is 0 Å². The van der Waals surface area contributed by atoms with E-state index in [1.807, 2.05) is 27.2 Å². The van der Waals surface area contributed by atoms with Crippen LogP contribution in [0, 0.1) is 0 Å². The molecule has 0 radical (unpaired) electrons. The van der Waals surface area contributed by atoms with Gasteiger partial charge in [-0.25, -0.2) is 0 Å². The largest absolute Gasteiger partial charge is 0.756 e. The molecule has 2 N–H and O–H groups in total. The van der Waals surface area contributed by atoms with Gasteiger partial charge in [0.15, 0.2) is 0 Å². The van der Waals surface area contributed by atoms with Crippen molar-refractivity contribution in [2.24, 2.45) is 0 Å². The number of allylic oxidation sites excluding steroid dienone is 5. The van der Waals surface area contributed by atoms with Crippen molar-refractivity contribution in [2.45, 2.75) is 161 Å². The lowest BCUT2D eigenvalue weighted by Crippen LogP contribution is -2.45. The molecule has 0 aromatic rings. The third kappa shape index (κ3) is 33.0. The summed E-state index contributed by atoms with van der Waals surface area (Å²) in [7, 11) is 1.23. The first-order valence-electron chi connectivity index (χ1n) is 18.9. The number of nitrogens with zero attached hydrogens (tertiary/aromatic N) is 1. The van der Waals surface area contributed by atoms with Crippen molar-refractivity contribution < 1.29 is 32.9 Å². The van der Waals surface area contributed by atoms with Crippen LogP contribution in [0.5, 0.6) is 0 Å². The Morgan fingerprint density at radius 2 is 1.19 bits per heavy atom. The quantitative estimate of drug-likeness (QED) is 0.0309. The molecule has 0 aromatic carbocycles. The zero-order valence-corrected chi connectivity index (χ0v) is 31.9. The predicted molar refractivity (Wildman–Crippen MR) is 196 cm³/mol. The topological polar surface area (TPSA) is 108 Å². The van der Waals surface area contributed by atoms with Crippen LogP contribution in [0.1, 0.15) is 149 Å². The molecule has 47 heavy (non-hydrogen) atoms. The highest BCUT2D eigenvalue weighted by Crippen LogP contribution is 2.38. The molecule has 0 heterocycles. The number of unbranched alkanes of at least 4 members (excludes halogenated alkanes) is 16. The standard InChI is InChI=1S/C38H73N2O6P/c1-6-8-10-12-14-16-18-19-20-21-22-23-25-27-29-31-37(41)36(35-46-47(43,44)45-34-33-40(3,4)5)39-38(42)32-30-28-26-24-17-15-13-11-9-7-2/h18-19,22-23,29,31,36-37,41H,6-17,20-21,24-28,30,32-35H2,1-5H3,(H-,39,42,43,44)/b19-18+,23-22+,31-29+. The van der Waals surface area contributed by atoms with Crippen molar-refractivity contribution in [2.75, 3.05) is 40.9 Å². The summed E-state index contributed by atoms with van der Waals surface area (Å²) in [6.07, 6.45) is 34.7. The highest BCUT2D eigenvalue weighted by atomic mass is 31.2. The Labute approximate surface area is 289 Å². The van der Waals surface area contributed by atoms with E-state index in [2.05, 4.69) is 43.5 Å². The summed E-state index contributed by atoms with van der Waals surface area (Å²) in [5.74, 6) is -0.217. The summed E-state index contributed by atoms with van der Waals surface area (Å²) in [6.45, 7) is 4.55. The molecule has 0 saturated heterocycles. The molecule has 0 rings (SSSR count). The third-order valence-electron chi connectivity index (χ3n) is 8.08. The SMILES string of the molecule is CCCCCCC/C=C/CC/C=C/CC/C=C/C(O)C(COP(=O)([O-])OCC[N+](C)(C)C)NC(=O)CCCCCCCCCCCC. The van der Waals surface area contributed by atoms with Crippen molar-refractivity contribution in [3.63, 3.8) is 0 Å². The Morgan fingerprint density at radius 1 is 0.723 bits per heavy atom. The van der Waals surface area contributed by atoms with Crippen molar-refractivity contribution in [3.8, 4) is 0 Å². The lowest BCUT2D eigenvalue weighted by molar-refractivity contribution is -0.870. The van der Waals surface area contributed by atoms with Gasteiger partial charge in [-0.1, -0.05) is 134 Å². The molecular weight excluding hydrogens is 611 g/mol. The zero-order chi connectivity index (χ0) is 35.1. The van der Waals surface area contributed by atoms with E-state index in [-0.39, 0.29) is 12.5 Å². The molecule has 9 heteroatoms. The summed E-state index contributed by atoms with van der Waals surface area (Å²) in [6, 6.07) is -0.903. The summed E-state index contributed by atoms with van der Waals surface area (Å²) < 4.78 is 23.0. The van der Waals surface area contributed by atoms with Crippen molar-refractivity contribution >= 4 is 13.7 Å². The molecule has 0 fully saturated rings. The van der Waals surface area contributed by atoms with Crippen molar-refractivity contribution in [3.05, 3.63) is 36.5 Å². The fourth-order valence-corrected chi connectivity index (χ4v) is 5.73. The second kappa shape index (κ2) is 30.8. The highest BCUT2D eigenvalue weighted by Gasteiger charge is 2.23. The lowest BCUT2D eigenvalue weighted by atomic mass is 10.1. The van der Waals surface area contributed by atoms with Gasteiger partial charge in [-0.15, -0.1) is 0 Å². The molecule has 0 aliphatic rings. The molecule has 0 aromatic heterocycles. The molecule has 8 nitrogen and oxygen atoms in total. The maximum absolute atomic E-state index is 12.7. The zero-order valence-electron chi connectivity index (χ0n) is 31.0. The minimum Gasteiger partial charge on any atom is -0.756 e. The number of phosphoric ester groups is 1. The van der Waals surface area contributed by atoms with Crippen LogP contribution < -0.4 is 10.2 Å². The van der Waals surface area contributed by atoms with Gasteiger partial charge >= 0.3 is 0 Å². The van der Waals surface area contributed by atoms with E-state index in [1.165, 1.54) is 83.5 Å². The Hall–Kier alpha value is -1.28. The number of amides is 1. The lowest BCUT2D eigenvalue weighted by Gasteiger charge is -2.29. The van der Waals surface area contributed by atoms with Crippen molar-refractivity contribution in [1.29, 1.82) is 0 Å². The van der Waals surface area contributed by atoms with Crippen LogP contribution in [-0.2, 0) is 18.4 Å². The van der Waals surface area contributed by atoms with E-state index < -0.39 is 26.6 Å². The summed E-state index contributed by atoms with van der Waals surface area (Å²) in [5, 5.41) is 13.6. The molecule has 0 saturated carbocycles. The number of quaternary nitrogens is 1. The Balaban J connectivity index is 4.64. The maximum atomic E-state index is 12.7. The molecule has 0 aliphatic heterocycles. The number of phosphoric acid groups is 1. The van der Waals surface area contributed by atoms with E-state index in [9.17, 15) is 19.4 Å². The van der Waals surface area contributed by atoms with Gasteiger partial charge in [-0.2, -0.15) is 0 Å². The number of hydrogen-bond acceptors (Lipinski definition) is 6. The van der Waals surface area contributed by atoms with E-state index in [1.54, 1.807) is 6.08 Å². The van der Waals surface area contributed by atoms with Gasteiger partial charge in [-0.05, 0) is 44.9 Å². The number of carbonyl (C=O) groups excluding carboxylic acids is 1. The average Bonchev–Trinajstić information content (AvgIpc) is 3.01. The number of likely N-dealkylation sites (N-methyl/N-ethyl adjacent to an activating group) is 1. The maximum Gasteiger partial charge on any atom is 0.268 e. The van der Waals surface area contributed by atoms with Gasteiger partial charge < -0.3 is 28.8 Å². The Kier molecular flexibility index (Phi) is 29.9. The Bertz CT molecular complexity index is 871. The van der Waals surface area contributed by atoms with Crippen LogP contribution in [0.3, 0.4) is 0 Å². The molecule has 3 atom stereocenters. The van der Waals surface area contributed by atoms with Crippen LogP contribution in [-0.4, -0.2) is 68.5 Å². The number of aliphatic hydroxyl groups excluding tert-OH is 1.